The van der Waals surface area contributed by atoms with E-state index in [9.17, 15) is 4.79 Å². The smallest absolute Gasteiger partial charge is 0.335 e. The van der Waals surface area contributed by atoms with E-state index in [1.54, 1.807) is 6.07 Å². The summed E-state index contributed by atoms with van der Waals surface area (Å²) in [6.45, 7) is 4.76. The molecule has 0 heterocycles. The molecule has 0 fully saturated rings. The van der Waals surface area contributed by atoms with E-state index < -0.39 is 5.97 Å². The number of benzene rings is 1. The molecule has 0 unspecified atom stereocenters. The molecule has 0 aliphatic heterocycles. The van der Waals surface area contributed by atoms with Crippen LogP contribution in [-0.2, 0) is 0 Å². The minimum Gasteiger partial charge on any atom is -0.491 e. The highest BCUT2D eigenvalue weighted by Gasteiger charge is 2.10. The molecule has 1 aromatic carbocycles. The molecule has 0 aromatic heterocycles. The van der Waals surface area contributed by atoms with Crippen LogP contribution in [0.2, 0.25) is 0 Å². The van der Waals surface area contributed by atoms with Gasteiger partial charge < -0.3 is 20.9 Å². The lowest BCUT2D eigenvalue weighted by Gasteiger charge is -2.14. The SMILES string of the molecule is CC(C)CCOc1ccc(C(=O)O)cc1NC(N)=S. The van der Waals surface area contributed by atoms with Gasteiger partial charge in [0, 0.05) is 0 Å². The van der Waals surface area contributed by atoms with E-state index in [1.807, 2.05) is 0 Å². The van der Waals surface area contributed by atoms with Crippen LogP contribution in [0.25, 0.3) is 0 Å². The van der Waals surface area contributed by atoms with Crippen molar-refractivity contribution in [3.05, 3.63) is 23.8 Å². The zero-order valence-corrected chi connectivity index (χ0v) is 11.8. The van der Waals surface area contributed by atoms with E-state index in [4.69, 9.17) is 27.8 Å². The van der Waals surface area contributed by atoms with Gasteiger partial charge >= 0.3 is 5.97 Å². The van der Waals surface area contributed by atoms with Crippen LogP contribution in [0.3, 0.4) is 0 Å². The lowest BCUT2D eigenvalue weighted by Crippen LogP contribution is -2.20. The Labute approximate surface area is 117 Å². The third kappa shape index (κ3) is 5.13. The molecule has 0 bridgehead atoms. The summed E-state index contributed by atoms with van der Waals surface area (Å²) in [6.07, 6.45) is 0.910. The summed E-state index contributed by atoms with van der Waals surface area (Å²) in [5.74, 6) is 0.0588. The van der Waals surface area contributed by atoms with Gasteiger partial charge in [-0.05, 0) is 42.8 Å². The second kappa shape index (κ2) is 6.94. The van der Waals surface area contributed by atoms with Crippen molar-refractivity contribution in [1.82, 2.24) is 0 Å². The minimum atomic E-state index is -1.01. The van der Waals surface area contributed by atoms with Crippen LogP contribution < -0.4 is 15.8 Å². The maximum atomic E-state index is 10.9. The van der Waals surface area contributed by atoms with E-state index in [2.05, 4.69) is 19.2 Å². The van der Waals surface area contributed by atoms with E-state index in [0.717, 1.165) is 6.42 Å². The first kappa shape index (κ1) is 15.2. The third-order valence-corrected chi connectivity index (χ3v) is 2.54. The highest BCUT2D eigenvalue weighted by atomic mass is 32.1. The Hall–Kier alpha value is -1.82. The molecule has 1 aromatic rings. The van der Waals surface area contributed by atoms with Gasteiger partial charge in [-0.3, -0.25) is 0 Å². The molecule has 19 heavy (non-hydrogen) atoms. The highest BCUT2D eigenvalue weighted by Crippen LogP contribution is 2.26. The van der Waals surface area contributed by atoms with Gasteiger partial charge in [0.05, 0.1) is 17.9 Å². The third-order valence-electron chi connectivity index (χ3n) is 2.44. The van der Waals surface area contributed by atoms with Crippen LogP contribution in [0.15, 0.2) is 18.2 Å². The summed E-state index contributed by atoms with van der Waals surface area (Å²) in [7, 11) is 0. The van der Waals surface area contributed by atoms with Crippen LogP contribution in [0.4, 0.5) is 5.69 Å². The molecule has 0 amide bonds. The van der Waals surface area contributed by atoms with Crippen molar-refractivity contribution in [3.8, 4) is 5.75 Å². The molecular formula is C13H18N2O3S. The Morgan fingerprint density at radius 1 is 1.53 bits per heavy atom. The second-order valence-corrected chi connectivity index (χ2v) is 4.98. The number of hydrogen-bond acceptors (Lipinski definition) is 3. The number of nitrogens with one attached hydrogen (secondary N) is 1. The number of anilines is 1. The Bertz CT molecular complexity index is 475. The van der Waals surface area contributed by atoms with Crippen molar-refractivity contribution in [2.45, 2.75) is 20.3 Å². The predicted octanol–water partition coefficient (Wildman–Crippen LogP) is 2.47. The summed E-state index contributed by atoms with van der Waals surface area (Å²) in [5, 5.41) is 11.7. The van der Waals surface area contributed by atoms with Crippen LogP contribution in [0.1, 0.15) is 30.6 Å². The van der Waals surface area contributed by atoms with Crippen molar-refractivity contribution in [1.29, 1.82) is 0 Å². The molecule has 0 radical (unpaired) electrons. The summed E-state index contributed by atoms with van der Waals surface area (Å²) < 4.78 is 5.61. The maximum absolute atomic E-state index is 10.9. The molecule has 0 saturated heterocycles. The van der Waals surface area contributed by atoms with Crippen LogP contribution in [0, 0.1) is 5.92 Å². The van der Waals surface area contributed by atoms with E-state index >= 15 is 0 Å². The lowest BCUT2D eigenvalue weighted by atomic mass is 10.1. The van der Waals surface area contributed by atoms with Crippen molar-refractivity contribution in [3.63, 3.8) is 0 Å². The summed E-state index contributed by atoms with van der Waals surface area (Å²) in [6, 6.07) is 4.54. The first-order valence-electron chi connectivity index (χ1n) is 5.96. The summed E-state index contributed by atoms with van der Waals surface area (Å²) in [4.78, 5) is 10.9. The van der Waals surface area contributed by atoms with E-state index in [-0.39, 0.29) is 10.7 Å². The number of ether oxygens (including phenoxy) is 1. The number of rotatable bonds is 6. The molecule has 0 saturated carbocycles. The molecule has 4 N–H and O–H groups in total. The number of carbonyl (C=O) groups is 1. The minimum absolute atomic E-state index is 0.0660. The normalized spacial score (nSPS) is 10.3. The summed E-state index contributed by atoms with van der Waals surface area (Å²) in [5.41, 5.74) is 6.03. The monoisotopic (exact) mass is 282 g/mol. The fourth-order valence-corrected chi connectivity index (χ4v) is 1.53. The number of thiocarbonyl (C=S) groups is 1. The number of aromatic carboxylic acids is 1. The Balaban J connectivity index is 2.88. The Kier molecular flexibility index (Phi) is 5.57. The number of carboxylic acid groups (broad SMARTS) is 1. The van der Waals surface area contributed by atoms with E-state index in [1.165, 1.54) is 12.1 Å². The zero-order valence-electron chi connectivity index (χ0n) is 11.0. The second-order valence-electron chi connectivity index (χ2n) is 4.54. The average Bonchev–Trinajstić information content (AvgIpc) is 2.29. The van der Waals surface area contributed by atoms with Crippen molar-refractivity contribution >= 4 is 29.0 Å². The number of nitrogens with two attached hydrogens (primary N) is 1. The summed E-state index contributed by atoms with van der Waals surface area (Å²) >= 11 is 4.76. The standard InChI is InChI=1S/C13H18N2O3S/c1-8(2)5-6-18-11-4-3-9(12(16)17)7-10(11)15-13(14)19/h3-4,7-8H,5-6H2,1-2H3,(H,16,17)(H3,14,15,19). The number of carboxylic acids is 1. The molecule has 0 atom stereocenters. The predicted molar refractivity (Wildman–Crippen MR) is 78.8 cm³/mol. The first-order chi connectivity index (χ1) is 8.90. The largest absolute Gasteiger partial charge is 0.491 e. The van der Waals surface area contributed by atoms with Gasteiger partial charge in [-0.2, -0.15) is 0 Å². The Morgan fingerprint density at radius 2 is 2.21 bits per heavy atom. The molecule has 1 rings (SSSR count). The topological polar surface area (TPSA) is 84.6 Å². The fourth-order valence-electron chi connectivity index (χ4n) is 1.42. The first-order valence-corrected chi connectivity index (χ1v) is 6.37. The van der Waals surface area contributed by atoms with Gasteiger partial charge in [-0.15, -0.1) is 0 Å². The average molecular weight is 282 g/mol. The molecule has 0 spiro atoms. The molecule has 6 heteroatoms. The van der Waals surface area contributed by atoms with Crippen molar-refractivity contribution < 1.29 is 14.6 Å². The maximum Gasteiger partial charge on any atom is 0.335 e. The fraction of sp³-hybridized carbons (Fsp3) is 0.385. The van der Waals surface area contributed by atoms with Crippen molar-refractivity contribution in [2.75, 3.05) is 11.9 Å². The van der Waals surface area contributed by atoms with Gasteiger partial charge in [-0.25, -0.2) is 4.79 Å². The molecule has 0 aliphatic carbocycles. The van der Waals surface area contributed by atoms with Gasteiger partial charge in [-0.1, -0.05) is 13.8 Å². The van der Waals surface area contributed by atoms with Crippen LogP contribution in [-0.4, -0.2) is 22.8 Å². The lowest BCUT2D eigenvalue weighted by molar-refractivity contribution is 0.0697. The van der Waals surface area contributed by atoms with Gasteiger partial charge in [0.1, 0.15) is 5.75 Å². The van der Waals surface area contributed by atoms with Crippen molar-refractivity contribution in [2.24, 2.45) is 11.7 Å². The number of hydrogen-bond donors (Lipinski definition) is 3. The Morgan fingerprint density at radius 3 is 2.74 bits per heavy atom. The quantitative estimate of drug-likeness (QED) is 0.695. The van der Waals surface area contributed by atoms with Crippen LogP contribution >= 0.6 is 12.2 Å². The molecule has 0 aliphatic rings. The van der Waals surface area contributed by atoms with E-state index in [0.29, 0.717) is 24.0 Å². The zero-order chi connectivity index (χ0) is 14.4. The van der Waals surface area contributed by atoms with Crippen LogP contribution in [0.5, 0.6) is 5.75 Å². The molecule has 5 nitrogen and oxygen atoms in total. The molecular weight excluding hydrogens is 264 g/mol. The van der Waals surface area contributed by atoms with Gasteiger partial charge in [0.2, 0.25) is 0 Å². The molecule has 104 valence electrons. The highest BCUT2D eigenvalue weighted by molar-refractivity contribution is 7.80. The van der Waals surface area contributed by atoms with Gasteiger partial charge in [0.25, 0.3) is 0 Å². The van der Waals surface area contributed by atoms with Gasteiger partial charge in [0.15, 0.2) is 5.11 Å².